The van der Waals surface area contributed by atoms with Crippen LogP contribution in [-0.4, -0.2) is 53.7 Å². The fourth-order valence-corrected chi connectivity index (χ4v) is 3.86. The van der Waals surface area contributed by atoms with Gasteiger partial charge in [-0.05, 0) is 59.2 Å². The lowest BCUT2D eigenvalue weighted by atomic mass is 10.1. The molecule has 1 aliphatic heterocycles. The topological polar surface area (TPSA) is 97.4 Å². The second-order valence-corrected chi connectivity index (χ2v) is 6.86. The molecule has 0 aromatic carbocycles. The monoisotopic (exact) mass is 348 g/mol. The minimum atomic E-state index is -0.590. The number of nitrogens with zero attached hydrogens (tertiary/aromatic N) is 2. The van der Waals surface area contributed by atoms with Crippen molar-refractivity contribution in [1.82, 2.24) is 14.8 Å². The zero-order valence-electron chi connectivity index (χ0n) is 15.5. The second kappa shape index (κ2) is 7.82. The van der Waals surface area contributed by atoms with Gasteiger partial charge in [-0.1, -0.05) is 0 Å². The van der Waals surface area contributed by atoms with Crippen molar-refractivity contribution >= 4 is 18.1 Å². The maximum atomic E-state index is 12.5. The summed E-state index contributed by atoms with van der Waals surface area (Å²) in [6, 6.07) is -0.0773. The first-order chi connectivity index (χ1) is 11.8. The molecule has 2 atom stereocenters. The molecule has 1 saturated heterocycles. The van der Waals surface area contributed by atoms with Gasteiger partial charge in [0.1, 0.15) is 6.04 Å². The van der Waals surface area contributed by atoms with Gasteiger partial charge in [-0.25, -0.2) is 0 Å². The molecular weight excluding hydrogens is 320 g/mol. The number of hydrogen-bond donors (Lipinski definition) is 2. The first-order valence-electron chi connectivity index (χ1n) is 8.73. The Morgan fingerprint density at radius 3 is 2.60 bits per heavy atom. The number of carbonyl (C=O) groups excluding carboxylic acids is 3. The third kappa shape index (κ3) is 3.76. The SMILES string of the molecule is Cc1c(C(N)=O)c(C)n(C(C)C(=O)NCCC2CCCN2C)c1C=O. The molecule has 3 N–H and O–H groups in total. The zero-order valence-corrected chi connectivity index (χ0v) is 15.5. The van der Waals surface area contributed by atoms with Crippen LogP contribution in [0, 0.1) is 13.8 Å². The summed E-state index contributed by atoms with van der Waals surface area (Å²) in [5, 5.41) is 2.95. The average molecular weight is 348 g/mol. The number of nitrogens with two attached hydrogens (primary N) is 1. The number of primary amides is 1. The normalized spacial score (nSPS) is 19.0. The van der Waals surface area contributed by atoms with E-state index in [1.165, 1.54) is 6.42 Å². The van der Waals surface area contributed by atoms with Crippen molar-refractivity contribution in [2.24, 2.45) is 5.73 Å². The van der Waals surface area contributed by atoms with Crippen LogP contribution in [-0.2, 0) is 4.79 Å². The molecule has 1 aromatic heterocycles. The molecule has 2 rings (SSSR count). The van der Waals surface area contributed by atoms with Crippen molar-refractivity contribution < 1.29 is 14.4 Å². The number of nitrogens with one attached hydrogen (secondary N) is 1. The van der Waals surface area contributed by atoms with Crippen LogP contribution >= 0.6 is 0 Å². The summed E-state index contributed by atoms with van der Waals surface area (Å²) >= 11 is 0. The second-order valence-electron chi connectivity index (χ2n) is 6.86. The maximum Gasteiger partial charge on any atom is 0.250 e. The van der Waals surface area contributed by atoms with Crippen molar-refractivity contribution in [3.05, 3.63) is 22.5 Å². The number of amides is 2. The van der Waals surface area contributed by atoms with Gasteiger partial charge in [0.2, 0.25) is 5.91 Å². The fourth-order valence-electron chi connectivity index (χ4n) is 3.86. The van der Waals surface area contributed by atoms with Crippen LogP contribution in [0.5, 0.6) is 0 Å². The summed E-state index contributed by atoms with van der Waals surface area (Å²) in [7, 11) is 2.11. The fraction of sp³-hybridized carbons (Fsp3) is 0.611. The highest BCUT2D eigenvalue weighted by atomic mass is 16.2. The van der Waals surface area contributed by atoms with Gasteiger partial charge < -0.3 is 20.5 Å². The summed E-state index contributed by atoms with van der Waals surface area (Å²) in [5.41, 5.74) is 7.12. The van der Waals surface area contributed by atoms with Crippen LogP contribution in [0.2, 0.25) is 0 Å². The third-order valence-corrected chi connectivity index (χ3v) is 5.31. The van der Waals surface area contributed by atoms with Crippen molar-refractivity contribution in [2.45, 2.75) is 52.1 Å². The van der Waals surface area contributed by atoms with Gasteiger partial charge >= 0.3 is 0 Å². The van der Waals surface area contributed by atoms with Crippen molar-refractivity contribution in [3.63, 3.8) is 0 Å². The van der Waals surface area contributed by atoms with Gasteiger partial charge in [-0.15, -0.1) is 0 Å². The third-order valence-electron chi connectivity index (χ3n) is 5.31. The molecule has 138 valence electrons. The number of hydrogen-bond acceptors (Lipinski definition) is 4. The predicted octanol–water partition coefficient (Wildman–Crippen LogP) is 1.18. The Kier molecular flexibility index (Phi) is 6.00. The number of carbonyl (C=O) groups is 3. The Labute approximate surface area is 148 Å². The van der Waals surface area contributed by atoms with Crippen LogP contribution in [0.3, 0.4) is 0 Å². The Bertz CT molecular complexity index is 680. The Hall–Kier alpha value is -2.15. The molecular formula is C18H28N4O3. The van der Waals surface area contributed by atoms with Crippen LogP contribution < -0.4 is 11.1 Å². The molecule has 0 saturated carbocycles. The Morgan fingerprint density at radius 2 is 2.08 bits per heavy atom. The summed E-state index contributed by atoms with van der Waals surface area (Å²) < 4.78 is 1.60. The van der Waals surface area contributed by atoms with Crippen LogP contribution in [0.1, 0.15) is 64.3 Å². The summed E-state index contributed by atoms with van der Waals surface area (Å²) in [6.45, 7) is 6.80. The summed E-state index contributed by atoms with van der Waals surface area (Å²) in [6.07, 6.45) is 3.94. The number of aromatic nitrogens is 1. The van der Waals surface area contributed by atoms with E-state index in [0.29, 0.717) is 41.4 Å². The molecule has 1 aromatic rings. The molecule has 7 heteroatoms. The Balaban J connectivity index is 2.10. The summed E-state index contributed by atoms with van der Waals surface area (Å²) in [4.78, 5) is 38.0. The first-order valence-corrected chi connectivity index (χ1v) is 8.73. The van der Waals surface area contributed by atoms with E-state index in [4.69, 9.17) is 5.73 Å². The quantitative estimate of drug-likeness (QED) is 0.723. The Morgan fingerprint density at radius 1 is 1.40 bits per heavy atom. The highest BCUT2D eigenvalue weighted by Gasteiger charge is 2.27. The van der Waals surface area contributed by atoms with Gasteiger partial charge in [0.25, 0.3) is 5.91 Å². The van der Waals surface area contributed by atoms with Crippen molar-refractivity contribution in [2.75, 3.05) is 20.1 Å². The lowest BCUT2D eigenvalue weighted by Crippen LogP contribution is -2.35. The van der Waals surface area contributed by atoms with E-state index in [9.17, 15) is 14.4 Å². The standard InChI is InChI=1S/C18H28N4O3/c1-11-15(10-23)22(12(2)16(11)17(19)24)13(3)18(25)20-8-7-14-6-5-9-21(14)4/h10,13-14H,5-9H2,1-4H3,(H2,19,24)(H,20,25). The molecule has 25 heavy (non-hydrogen) atoms. The largest absolute Gasteiger partial charge is 0.366 e. The molecule has 0 aliphatic carbocycles. The first kappa shape index (κ1) is 19.2. The minimum absolute atomic E-state index is 0.169. The van der Waals surface area contributed by atoms with E-state index < -0.39 is 11.9 Å². The lowest BCUT2D eigenvalue weighted by Gasteiger charge is -2.21. The lowest BCUT2D eigenvalue weighted by molar-refractivity contribution is -0.123. The van der Waals surface area contributed by atoms with Crippen LogP contribution in [0.4, 0.5) is 0 Å². The molecule has 1 aliphatic rings. The molecule has 0 bridgehead atoms. The number of likely N-dealkylation sites (tertiary alicyclic amines) is 1. The van der Waals surface area contributed by atoms with Crippen molar-refractivity contribution in [1.29, 1.82) is 0 Å². The smallest absolute Gasteiger partial charge is 0.250 e. The van der Waals surface area contributed by atoms with Gasteiger partial charge in [0.05, 0.1) is 11.3 Å². The zero-order chi connectivity index (χ0) is 18.7. The number of aldehydes is 1. The van der Waals surface area contributed by atoms with Gasteiger partial charge in [-0.3, -0.25) is 14.4 Å². The molecule has 7 nitrogen and oxygen atoms in total. The number of rotatable bonds is 7. The van der Waals surface area contributed by atoms with E-state index in [2.05, 4.69) is 17.3 Å². The van der Waals surface area contributed by atoms with E-state index in [1.807, 2.05) is 0 Å². The van der Waals surface area contributed by atoms with Gasteiger partial charge in [-0.2, -0.15) is 0 Å². The summed E-state index contributed by atoms with van der Waals surface area (Å²) in [5.74, 6) is -0.758. The molecule has 0 spiro atoms. The molecule has 2 amide bonds. The molecule has 2 heterocycles. The molecule has 1 fully saturated rings. The van der Waals surface area contributed by atoms with E-state index >= 15 is 0 Å². The van der Waals surface area contributed by atoms with Gasteiger partial charge in [0.15, 0.2) is 6.29 Å². The van der Waals surface area contributed by atoms with Crippen LogP contribution in [0.25, 0.3) is 0 Å². The van der Waals surface area contributed by atoms with E-state index in [1.54, 1.807) is 25.3 Å². The molecule has 2 unspecified atom stereocenters. The van der Waals surface area contributed by atoms with E-state index in [0.717, 1.165) is 19.4 Å². The van der Waals surface area contributed by atoms with Gasteiger partial charge in [0, 0.05) is 18.3 Å². The van der Waals surface area contributed by atoms with E-state index in [-0.39, 0.29) is 5.91 Å². The van der Waals surface area contributed by atoms with Crippen LogP contribution in [0.15, 0.2) is 0 Å². The average Bonchev–Trinajstić information content (AvgIpc) is 3.06. The minimum Gasteiger partial charge on any atom is -0.366 e. The predicted molar refractivity (Wildman–Crippen MR) is 95.8 cm³/mol. The molecule has 0 radical (unpaired) electrons. The highest BCUT2D eigenvalue weighted by Crippen LogP contribution is 2.25. The highest BCUT2D eigenvalue weighted by molar-refractivity contribution is 5.98. The maximum absolute atomic E-state index is 12.5. The van der Waals surface area contributed by atoms with Crippen molar-refractivity contribution in [3.8, 4) is 0 Å².